The molecule has 3 amide bonds. The van der Waals surface area contributed by atoms with E-state index < -0.39 is 17.8 Å². The van der Waals surface area contributed by atoms with Crippen LogP contribution in [-0.2, 0) is 19.1 Å². The summed E-state index contributed by atoms with van der Waals surface area (Å²) in [7, 11) is 0. The van der Waals surface area contributed by atoms with Crippen molar-refractivity contribution in [3.63, 3.8) is 0 Å². The summed E-state index contributed by atoms with van der Waals surface area (Å²) in [6.45, 7) is 3.50. The van der Waals surface area contributed by atoms with E-state index in [-0.39, 0.29) is 64.7 Å². The molecule has 2 aromatic carbocycles. The number of rotatable bonds is 7. The first kappa shape index (κ1) is 30.4. The highest BCUT2D eigenvalue weighted by molar-refractivity contribution is 8.00. The molecular formula is C35H35N3O7S2. The lowest BCUT2D eigenvalue weighted by atomic mass is 9.68. The summed E-state index contributed by atoms with van der Waals surface area (Å²) < 4.78 is 11.1. The van der Waals surface area contributed by atoms with E-state index in [0.717, 1.165) is 54.2 Å². The van der Waals surface area contributed by atoms with Gasteiger partial charge < -0.3 is 19.4 Å². The number of nitrogens with zero attached hydrogens (tertiary/aromatic N) is 2. The molecule has 47 heavy (non-hydrogen) atoms. The molecular weight excluding hydrogens is 639 g/mol. The fourth-order valence-corrected chi connectivity index (χ4v) is 11.7. The van der Waals surface area contributed by atoms with E-state index >= 15 is 0 Å². The Morgan fingerprint density at radius 1 is 0.957 bits per heavy atom. The Bertz CT molecular complexity index is 1810. The van der Waals surface area contributed by atoms with E-state index in [9.17, 15) is 24.0 Å². The topological polar surface area (TPSA) is 126 Å². The number of esters is 1. The molecule has 2 bridgehead atoms. The van der Waals surface area contributed by atoms with Gasteiger partial charge in [0.25, 0.3) is 5.91 Å². The Hall–Kier alpha value is -3.90. The van der Waals surface area contributed by atoms with Crippen LogP contribution in [0.2, 0.25) is 0 Å². The van der Waals surface area contributed by atoms with Gasteiger partial charge in [0.15, 0.2) is 6.61 Å². The third kappa shape index (κ3) is 5.02. The van der Waals surface area contributed by atoms with Crippen LogP contribution in [0.1, 0.15) is 59.3 Å². The summed E-state index contributed by atoms with van der Waals surface area (Å²) in [5.74, 6) is -1.29. The first-order valence-corrected chi connectivity index (χ1v) is 18.1. The standard InChI is InChI=1S/C35H35N3O7S2/c1-2-44-34(42)18-9-11-20(12-10-18)38-32(40)27-22-16-23(28(27)33(38)41)29-26(22)25(30-31(46-29)36-35(43)47-30)19-7-6-8-21(15-19)45-17-24(39)37-13-4-3-5-14-37/h6-12,15,22-23,25-29H,2-5,13-14,16-17H2,1H3,(H,36,43)/t22-,23-,25+,26-,27+,28+,29-/m1/s1. The number of likely N-dealkylation sites (tertiary alicyclic amines) is 1. The van der Waals surface area contributed by atoms with Gasteiger partial charge in [-0.1, -0.05) is 23.5 Å². The zero-order chi connectivity index (χ0) is 32.4. The number of hydrogen-bond donors (Lipinski definition) is 1. The van der Waals surface area contributed by atoms with E-state index in [1.54, 1.807) is 43.0 Å². The van der Waals surface area contributed by atoms with Crippen LogP contribution in [0.25, 0.3) is 0 Å². The molecule has 1 aromatic heterocycles. The maximum atomic E-state index is 14.1. The fourth-order valence-electron chi connectivity index (χ4n) is 8.78. The van der Waals surface area contributed by atoms with E-state index in [1.165, 1.54) is 16.2 Å². The van der Waals surface area contributed by atoms with Gasteiger partial charge in [-0.05, 0) is 92.3 Å². The second-order valence-electron chi connectivity index (χ2n) is 13.0. The highest BCUT2D eigenvalue weighted by atomic mass is 32.2. The quantitative estimate of drug-likeness (QED) is 0.283. The number of hydrogen-bond acceptors (Lipinski definition) is 9. The molecule has 0 unspecified atom stereocenters. The summed E-state index contributed by atoms with van der Waals surface area (Å²) in [5, 5.41) is 0.891. The van der Waals surface area contributed by atoms with E-state index in [4.69, 9.17) is 9.47 Å². The average Bonchev–Trinajstić information content (AvgIpc) is 3.83. The summed E-state index contributed by atoms with van der Waals surface area (Å²) in [6.07, 6.45) is 3.96. The van der Waals surface area contributed by atoms with Crippen LogP contribution in [0.3, 0.4) is 0 Å². The Kier molecular flexibility index (Phi) is 7.75. The van der Waals surface area contributed by atoms with Crippen molar-refractivity contribution < 1.29 is 28.7 Å². The van der Waals surface area contributed by atoms with E-state index in [0.29, 0.717) is 17.0 Å². The Morgan fingerprint density at radius 3 is 2.45 bits per heavy atom. The Balaban J connectivity index is 1.08. The van der Waals surface area contributed by atoms with Crippen LogP contribution in [0.5, 0.6) is 5.75 Å². The second kappa shape index (κ2) is 12.0. The van der Waals surface area contributed by atoms with Crippen molar-refractivity contribution in [2.24, 2.45) is 29.6 Å². The van der Waals surface area contributed by atoms with Gasteiger partial charge in [0.05, 0.1) is 34.7 Å². The van der Waals surface area contributed by atoms with Gasteiger partial charge in [-0.15, -0.1) is 11.8 Å². The zero-order valence-electron chi connectivity index (χ0n) is 25.9. The van der Waals surface area contributed by atoms with Crippen molar-refractivity contribution in [2.75, 3.05) is 31.2 Å². The van der Waals surface area contributed by atoms with E-state index in [2.05, 4.69) is 4.98 Å². The molecule has 12 heteroatoms. The highest BCUT2D eigenvalue weighted by Gasteiger charge is 2.69. The van der Waals surface area contributed by atoms with Crippen molar-refractivity contribution in [3.05, 3.63) is 74.2 Å². The number of piperidine rings is 1. The lowest BCUT2D eigenvalue weighted by Gasteiger charge is -2.43. The molecule has 244 valence electrons. The molecule has 2 aliphatic carbocycles. The number of carbonyl (C=O) groups is 4. The number of thioether (sulfide) groups is 1. The van der Waals surface area contributed by atoms with Crippen LogP contribution < -0.4 is 14.5 Å². The first-order chi connectivity index (χ1) is 22.8. The van der Waals surface area contributed by atoms with Crippen molar-refractivity contribution in [3.8, 4) is 5.75 Å². The smallest absolute Gasteiger partial charge is 0.338 e. The number of aromatic nitrogens is 1. The predicted octanol–water partition coefficient (Wildman–Crippen LogP) is 4.68. The molecule has 0 radical (unpaired) electrons. The molecule has 2 saturated carbocycles. The minimum absolute atomic E-state index is 0.0131. The second-order valence-corrected chi connectivity index (χ2v) is 15.2. The van der Waals surface area contributed by atoms with Gasteiger partial charge in [0.1, 0.15) is 5.75 Å². The number of ether oxygens (including phenoxy) is 2. The van der Waals surface area contributed by atoms with Crippen molar-refractivity contribution in [2.45, 2.75) is 48.8 Å². The zero-order valence-corrected chi connectivity index (χ0v) is 27.5. The molecule has 10 nitrogen and oxygen atoms in total. The van der Waals surface area contributed by atoms with Crippen LogP contribution >= 0.6 is 23.1 Å². The molecule has 4 heterocycles. The largest absolute Gasteiger partial charge is 0.484 e. The number of aromatic amines is 1. The van der Waals surface area contributed by atoms with Gasteiger partial charge in [0.2, 0.25) is 11.8 Å². The van der Waals surface area contributed by atoms with Crippen molar-refractivity contribution >= 4 is 52.5 Å². The number of H-pyrrole nitrogens is 1. The molecule has 1 N–H and O–H groups in total. The number of nitrogens with one attached hydrogen (secondary N) is 1. The van der Waals surface area contributed by atoms with Crippen LogP contribution in [0.15, 0.2) is 58.4 Å². The van der Waals surface area contributed by atoms with Crippen LogP contribution in [-0.4, -0.2) is 65.1 Å². The maximum Gasteiger partial charge on any atom is 0.338 e. The van der Waals surface area contributed by atoms with Crippen LogP contribution in [0.4, 0.5) is 5.69 Å². The van der Waals surface area contributed by atoms with E-state index in [1.807, 2.05) is 29.2 Å². The van der Waals surface area contributed by atoms with Gasteiger partial charge in [0, 0.05) is 29.1 Å². The number of carbonyl (C=O) groups excluding carboxylic acids is 4. The molecule has 3 aliphatic heterocycles. The summed E-state index contributed by atoms with van der Waals surface area (Å²) in [4.78, 5) is 72.8. The molecule has 8 rings (SSSR count). The minimum Gasteiger partial charge on any atom is -0.484 e. The predicted molar refractivity (Wildman–Crippen MR) is 176 cm³/mol. The SMILES string of the molecule is CCOC(=O)c1ccc(N2C(=O)[C@H]3[C@H]4C[C@@H]([C@@H]3C2=O)[C@@H]2[C@H](c3cccc(OCC(=O)N5CCCCC5)c3)c3sc(=O)[nH]c3S[C@H]42)cc1. The first-order valence-electron chi connectivity index (χ1n) is 16.4. The number of amides is 3. The minimum atomic E-state index is -0.450. The highest BCUT2D eigenvalue weighted by Crippen LogP contribution is 2.68. The molecule has 4 fully saturated rings. The number of fused-ring (bicyclic) bond motifs is 9. The van der Waals surface area contributed by atoms with Crippen molar-refractivity contribution in [1.29, 1.82) is 0 Å². The van der Waals surface area contributed by atoms with Gasteiger partial charge >= 0.3 is 10.8 Å². The Labute approximate surface area is 279 Å². The van der Waals surface area contributed by atoms with Gasteiger partial charge in [-0.25, -0.2) is 4.79 Å². The molecule has 0 spiro atoms. The summed E-state index contributed by atoms with van der Waals surface area (Å²) in [5.41, 5.74) is 1.80. The maximum absolute atomic E-state index is 14.1. The van der Waals surface area contributed by atoms with Crippen molar-refractivity contribution in [1.82, 2.24) is 9.88 Å². The summed E-state index contributed by atoms with van der Waals surface area (Å²) >= 11 is 2.85. The molecule has 5 aliphatic rings. The van der Waals surface area contributed by atoms with Gasteiger partial charge in [-0.2, -0.15) is 0 Å². The lowest BCUT2D eigenvalue weighted by Crippen LogP contribution is -2.42. The molecule has 7 atom stereocenters. The third-order valence-electron chi connectivity index (χ3n) is 10.6. The number of anilines is 1. The third-order valence-corrected chi connectivity index (χ3v) is 13.2. The number of benzene rings is 2. The molecule has 3 aromatic rings. The molecule has 2 saturated heterocycles. The van der Waals surface area contributed by atoms with Crippen LogP contribution in [0, 0.1) is 29.6 Å². The normalized spacial score (nSPS) is 29.0. The monoisotopic (exact) mass is 673 g/mol. The summed E-state index contributed by atoms with van der Waals surface area (Å²) in [6, 6.07) is 14.2. The lowest BCUT2D eigenvalue weighted by molar-refractivity contribution is -0.134. The average molecular weight is 674 g/mol. The number of imide groups is 1. The number of thiazole rings is 1. The Morgan fingerprint density at radius 2 is 1.70 bits per heavy atom. The fraction of sp³-hybridized carbons (Fsp3) is 0.457. The van der Waals surface area contributed by atoms with Gasteiger partial charge in [-0.3, -0.25) is 24.1 Å².